The van der Waals surface area contributed by atoms with Crippen LogP contribution in [0.25, 0.3) is 0 Å². The molecule has 2 rings (SSSR count). The second kappa shape index (κ2) is 6.59. The topological polar surface area (TPSA) is 34.9 Å². The lowest BCUT2D eigenvalue weighted by atomic mass is 10.2. The Morgan fingerprint density at radius 2 is 2.05 bits per heavy atom. The molecule has 100 valence electrons. The van der Waals surface area contributed by atoms with Crippen LogP contribution in [0, 0.1) is 0 Å². The zero-order chi connectivity index (χ0) is 13.8. The lowest BCUT2D eigenvalue weighted by Crippen LogP contribution is -2.21. The molecule has 0 atom stereocenters. The first kappa shape index (κ1) is 14.6. The van der Waals surface area contributed by atoms with Crippen molar-refractivity contribution < 1.29 is 0 Å². The number of rotatable bonds is 4. The predicted octanol–water partition coefficient (Wildman–Crippen LogP) is 3.97. The Balaban J connectivity index is 2.17. The second-order valence-electron chi connectivity index (χ2n) is 3.88. The van der Waals surface area contributed by atoms with E-state index in [1.807, 2.05) is 31.2 Å². The standard InChI is InChI=1S/C13H12BrClN2OS/c1-2-17-7-11(14)16-12(13(17)18)19-8-9-3-5-10(15)6-4-9/h3-7H,2,8H2,1H3. The van der Waals surface area contributed by atoms with Crippen LogP contribution < -0.4 is 5.56 Å². The van der Waals surface area contributed by atoms with Crippen LogP contribution in [0.5, 0.6) is 0 Å². The number of hydrogen-bond acceptors (Lipinski definition) is 3. The van der Waals surface area contributed by atoms with E-state index < -0.39 is 0 Å². The molecule has 1 aromatic carbocycles. The maximum absolute atomic E-state index is 12.1. The van der Waals surface area contributed by atoms with Gasteiger partial charge in [0.2, 0.25) is 0 Å². The van der Waals surface area contributed by atoms with Crippen LogP contribution in [0.15, 0.2) is 44.9 Å². The van der Waals surface area contributed by atoms with Gasteiger partial charge in [-0.2, -0.15) is 0 Å². The molecule has 0 unspecified atom stereocenters. The summed E-state index contributed by atoms with van der Waals surface area (Å²) in [4.78, 5) is 16.3. The van der Waals surface area contributed by atoms with Crippen LogP contribution in [0.1, 0.15) is 12.5 Å². The van der Waals surface area contributed by atoms with Crippen molar-refractivity contribution in [3.8, 4) is 0 Å². The average Bonchev–Trinajstić information content (AvgIpc) is 2.41. The van der Waals surface area contributed by atoms with Gasteiger partial charge in [-0.25, -0.2) is 4.98 Å². The summed E-state index contributed by atoms with van der Waals surface area (Å²) in [5, 5.41) is 1.22. The number of hydrogen-bond donors (Lipinski definition) is 0. The highest BCUT2D eigenvalue weighted by atomic mass is 79.9. The van der Waals surface area contributed by atoms with Crippen molar-refractivity contribution in [1.82, 2.24) is 9.55 Å². The van der Waals surface area contributed by atoms with Gasteiger partial charge in [0.05, 0.1) is 0 Å². The Bertz CT molecular complexity index is 628. The molecule has 2 aromatic rings. The summed E-state index contributed by atoms with van der Waals surface area (Å²) in [6.07, 6.45) is 1.70. The zero-order valence-corrected chi connectivity index (χ0v) is 13.4. The highest BCUT2D eigenvalue weighted by Crippen LogP contribution is 2.20. The minimum absolute atomic E-state index is 0.0512. The summed E-state index contributed by atoms with van der Waals surface area (Å²) >= 11 is 10.6. The van der Waals surface area contributed by atoms with Crippen LogP contribution in [0.2, 0.25) is 5.02 Å². The zero-order valence-electron chi connectivity index (χ0n) is 10.3. The third-order valence-electron chi connectivity index (χ3n) is 2.54. The van der Waals surface area contributed by atoms with E-state index in [4.69, 9.17) is 11.6 Å². The first-order chi connectivity index (χ1) is 9.10. The number of aromatic nitrogens is 2. The van der Waals surface area contributed by atoms with Gasteiger partial charge in [-0.3, -0.25) is 4.79 Å². The lowest BCUT2D eigenvalue weighted by molar-refractivity contribution is 0.686. The molecular formula is C13H12BrClN2OS. The molecule has 0 spiro atoms. The third kappa shape index (κ3) is 3.84. The highest BCUT2D eigenvalue weighted by Gasteiger charge is 2.07. The second-order valence-corrected chi connectivity index (χ2v) is 6.09. The normalized spacial score (nSPS) is 10.7. The lowest BCUT2D eigenvalue weighted by Gasteiger charge is -2.06. The summed E-state index contributed by atoms with van der Waals surface area (Å²) in [7, 11) is 0. The highest BCUT2D eigenvalue weighted by molar-refractivity contribution is 9.10. The summed E-state index contributed by atoms with van der Waals surface area (Å²) in [5.41, 5.74) is 1.06. The van der Waals surface area contributed by atoms with E-state index in [2.05, 4.69) is 20.9 Å². The number of aryl methyl sites for hydroxylation is 1. The first-order valence-electron chi connectivity index (χ1n) is 5.74. The molecule has 0 radical (unpaired) electrons. The molecule has 0 bridgehead atoms. The van der Waals surface area contributed by atoms with Crippen LogP contribution >= 0.6 is 39.3 Å². The molecule has 0 N–H and O–H groups in total. The molecule has 0 saturated carbocycles. The van der Waals surface area contributed by atoms with Crippen molar-refractivity contribution >= 4 is 39.3 Å². The maximum atomic E-state index is 12.1. The summed E-state index contributed by atoms with van der Waals surface area (Å²) in [6, 6.07) is 7.59. The van der Waals surface area contributed by atoms with Crippen molar-refractivity contribution in [2.24, 2.45) is 0 Å². The minimum Gasteiger partial charge on any atom is -0.311 e. The van der Waals surface area contributed by atoms with Crippen LogP contribution in [0.4, 0.5) is 0 Å². The fourth-order valence-electron chi connectivity index (χ4n) is 1.54. The fourth-order valence-corrected chi connectivity index (χ4v) is 3.11. The van der Waals surface area contributed by atoms with E-state index >= 15 is 0 Å². The Labute approximate surface area is 129 Å². The Morgan fingerprint density at radius 3 is 2.68 bits per heavy atom. The molecule has 3 nitrogen and oxygen atoms in total. The molecule has 0 saturated heterocycles. The number of thioether (sulfide) groups is 1. The van der Waals surface area contributed by atoms with Gasteiger partial charge in [0.15, 0.2) is 5.03 Å². The van der Waals surface area contributed by atoms with Gasteiger partial charge in [0.25, 0.3) is 5.56 Å². The van der Waals surface area contributed by atoms with E-state index in [-0.39, 0.29) is 5.56 Å². The number of benzene rings is 1. The van der Waals surface area contributed by atoms with Gasteiger partial charge in [-0.15, -0.1) is 0 Å². The van der Waals surface area contributed by atoms with Crippen LogP contribution in [-0.4, -0.2) is 9.55 Å². The first-order valence-corrected chi connectivity index (χ1v) is 7.90. The Kier molecular flexibility index (Phi) is 5.07. The van der Waals surface area contributed by atoms with Gasteiger partial charge in [0, 0.05) is 23.5 Å². The monoisotopic (exact) mass is 358 g/mol. The molecule has 0 aliphatic carbocycles. The molecule has 0 aliphatic heterocycles. The van der Waals surface area contributed by atoms with Gasteiger partial charge in [0.1, 0.15) is 4.60 Å². The van der Waals surface area contributed by atoms with Crippen molar-refractivity contribution in [2.45, 2.75) is 24.2 Å². The van der Waals surface area contributed by atoms with Gasteiger partial charge in [-0.1, -0.05) is 35.5 Å². The van der Waals surface area contributed by atoms with E-state index in [1.165, 1.54) is 11.8 Å². The summed E-state index contributed by atoms with van der Waals surface area (Å²) < 4.78 is 2.31. The largest absolute Gasteiger partial charge is 0.311 e. The Hall–Kier alpha value is -0.780. The molecular weight excluding hydrogens is 348 g/mol. The summed E-state index contributed by atoms with van der Waals surface area (Å²) in [6.45, 7) is 2.57. The summed E-state index contributed by atoms with van der Waals surface area (Å²) in [5.74, 6) is 0.694. The molecule has 0 aliphatic rings. The van der Waals surface area contributed by atoms with Crippen LogP contribution in [0.3, 0.4) is 0 Å². The Morgan fingerprint density at radius 1 is 1.37 bits per heavy atom. The molecule has 1 aromatic heterocycles. The molecule has 0 amide bonds. The smallest absolute Gasteiger partial charge is 0.283 e. The fraction of sp³-hybridized carbons (Fsp3) is 0.231. The van der Waals surface area contributed by atoms with Crippen molar-refractivity contribution in [3.63, 3.8) is 0 Å². The van der Waals surface area contributed by atoms with Gasteiger partial charge in [-0.05, 0) is 40.5 Å². The quantitative estimate of drug-likeness (QED) is 0.775. The molecule has 6 heteroatoms. The average molecular weight is 360 g/mol. The van der Waals surface area contributed by atoms with Crippen molar-refractivity contribution in [3.05, 3.63) is 56.0 Å². The number of halogens is 2. The molecule has 1 heterocycles. The third-order valence-corrected chi connectivity index (χ3v) is 4.20. The molecule has 19 heavy (non-hydrogen) atoms. The number of nitrogens with zero attached hydrogens (tertiary/aromatic N) is 2. The van der Waals surface area contributed by atoms with E-state index in [1.54, 1.807) is 10.8 Å². The van der Waals surface area contributed by atoms with Crippen molar-refractivity contribution in [2.75, 3.05) is 0 Å². The molecule has 0 fully saturated rings. The predicted molar refractivity (Wildman–Crippen MR) is 82.9 cm³/mol. The SMILES string of the molecule is CCn1cc(Br)nc(SCc2ccc(Cl)cc2)c1=O. The van der Waals surface area contributed by atoms with E-state index in [0.29, 0.717) is 26.9 Å². The van der Waals surface area contributed by atoms with Gasteiger partial charge < -0.3 is 4.57 Å². The van der Waals surface area contributed by atoms with Crippen molar-refractivity contribution in [1.29, 1.82) is 0 Å². The van der Waals surface area contributed by atoms with Gasteiger partial charge >= 0.3 is 0 Å². The van der Waals surface area contributed by atoms with E-state index in [0.717, 1.165) is 5.56 Å². The minimum atomic E-state index is -0.0512. The van der Waals surface area contributed by atoms with E-state index in [9.17, 15) is 4.79 Å². The maximum Gasteiger partial charge on any atom is 0.283 e. The van der Waals surface area contributed by atoms with Crippen LogP contribution in [-0.2, 0) is 12.3 Å².